The summed E-state index contributed by atoms with van der Waals surface area (Å²) in [5.41, 5.74) is -3.55. The van der Waals surface area contributed by atoms with E-state index in [1.54, 1.807) is 0 Å². The van der Waals surface area contributed by atoms with Gasteiger partial charge < -0.3 is 0 Å². The van der Waals surface area contributed by atoms with Gasteiger partial charge in [0.25, 0.3) is 9.05 Å². The van der Waals surface area contributed by atoms with Gasteiger partial charge in [0.15, 0.2) is 0 Å². The van der Waals surface area contributed by atoms with Crippen molar-refractivity contribution in [2.24, 2.45) is 0 Å². The Morgan fingerprint density at radius 2 is 1.26 bits per heavy atom. The molecular weight excluding hydrogens is 389 g/mol. The number of alkyl halides is 6. The fourth-order valence-corrected chi connectivity index (χ4v) is 2.61. The average Bonchev–Trinajstić information content (AvgIpc) is 2.11. The number of benzene rings is 1. The molecule has 0 heterocycles. The van der Waals surface area contributed by atoms with E-state index in [-0.39, 0.29) is 12.1 Å². The second-order valence-corrected chi connectivity index (χ2v) is 6.62. The molecule has 1 aromatic carbocycles. The highest BCUT2D eigenvalue weighted by Gasteiger charge is 2.41. The minimum atomic E-state index is -5.17. The molecule has 0 saturated heterocycles. The van der Waals surface area contributed by atoms with Crippen LogP contribution in [0.1, 0.15) is 11.1 Å². The van der Waals surface area contributed by atoms with E-state index >= 15 is 0 Å². The number of hydrogen-bond acceptors (Lipinski definition) is 2. The summed E-state index contributed by atoms with van der Waals surface area (Å²) in [6.07, 6.45) is -10.3. The van der Waals surface area contributed by atoms with Crippen molar-refractivity contribution in [1.82, 2.24) is 0 Å². The lowest BCUT2D eigenvalue weighted by Crippen LogP contribution is -2.14. The van der Waals surface area contributed by atoms with Crippen LogP contribution < -0.4 is 0 Å². The van der Waals surface area contributed by atoms with Gasteiger partial charge in [0.1, 0.15) is 0 Å². The molecule has 11 heteroatoms. The third-order valence-electron chi connectivity index (χ3n) is 1.94. The van der Waals surface area contributed by atoms with Crippen LogP contribution in [0.5, 0.6) is 0 Å². The molecule has 0 unspecified atom stereocenters. The molecule has 0 amide bonds. The Bertz CT molecular complexity index is 572. The van der Waals surface area contributed by atoms with E-state index in [4.69, 9.17) is 10.7 Å². The summed E-state index contributed by atoms with van der Waals surface area (Å²) in [6.45, 7) is 0. The summed E-state index contributed by atoms with van der Waals surface area (Å²) in [5, 5.41) is 0. The lowest BCUT2D eigenvalue weighted by atomic mass is 10.1. The zero-order chi connectivity index (χ0) is 15.2. The highest BCUT2D eigenvalue weighted by molar-refractivity contribution is 9.10. The van der Waals surface area contributed by atoms with Crippen LogP contribution >= 0.6 is 26.6 Å². The van der Waals surface area contributed by atoms with Gasteiger partial charge in [-0.25, -0.2) is 8.42 Å². The quantitative estimate of drug-likeness (QED) is 0.525. The minimum Gasteiger partial charge on any atom is -0.207 e. The molecule has 0 aliphatic carbocycles. The summed E-state index contributed by atoms with van der Waals surface area (Å²) in [6, 6.07) is 0.0588. The van der Waals surface area contributed by atoms with Crippen molar-refractivity contribution in [2.45, 2.75) is 17.2 Å². The van der Waals surface area contributed by atoms with Crippen LogP contribution in [0.4, 0.5) is 26.3 Å². The second-order valence-electron chi connectivity index (χ2n) is 3.27. The SMILES string of the molecule is O=S(=O)(Cl)c1cc(C(F)(F)F)c(Br)c(C(F)(F)F)c1. The molecular formula is C8H2BrClF6O2S. The first kappa shape index (κ1) is 16.6. The van der Waals surface area contributed by atoms with Gasteiger partial charge in [0.05, 0.1) is 16.0 Å². The van der Waals surface area contributed by atoms with Gasteiger partial charge in [0.2, 0.25) is 0 Å². The number of halogens is 8. The zero-order valence-corrected chi connectivity index (χ0v) is 11.6. The van der Waals surface area contributed by atoms with Crippen molar-refractivity contribution in [3.8, 4) is 0 Å². The van der Waals surface area contributed by atoms with Gasteiger partial charge >= 0.3 is 12.4 Å². The monoisotopic (exact) mass is 390 g/mol. The molecule has 0 aliphatic heterocycles. The largest absolute Gasteiger partial charge is 0.417 e. The Morgan fingerprint density at radius 1 is 0.947 bits per heavy atom. The molecule has 0 aromatic heterocycles. The van der Waals surface area contributed by atoms with Crippen LogP contribution in [0.2, 0.25) is 0 Å². The predicted octanol–water partition coefficient (Wildman–Crippen LogP) is 4.41. The standard InChI is InChI=1S/C8H2BrClF6O2S/c9-6-4(7(11,12)13)1-3(19(10,17)18)2-5(6)8(14,15)16/h1-2H. The van der Waals surface area contributed by atoms with E-state index in [1.807, 2.05) is 0 Å². The van der Waals surface area contributed by atoms with Crippen molar-refractivity contribution in [2.75, 3.05) is 0 Å². The number of rotatable bonds is 1. The molecule has 0 atom stereocenters. The zero-order valence-electron chi connectivity index (χ0n) is 8.40. The Hall–Kier alpha value is -0.480. The lowest BCUT2D eigenvalue weighted by Gasteiger charge is -2.16. The Labute approximate surface area is 115 Å². The predicted molar refractivity (Wildman–Crippen MR) is 57.2 cm³/mol. The van der Waals surface area contributed by atoms with Crippen LogP contribution in [0.25, 0.3) is 0 Å². The van der Waals surface area contributed by atoms with Crippen molar-refractivity contribution in [1.29, 1.82) is 0 Å². The second kappa shape index (κ2) is 4.81. The van der Waals surface area contributed by atoms with E-state index in [9.17, 15) is 34.8 Å². The van der Waals surface area contributed by atoms with Gasteiger partial charge in [-0.3, -0.25) is 0 Å². The van der Waals surface area contributed by atoms with Gasteiger partial charge in [0, 0.05) is 15.2 Å². The van der Waals surface area contributed by atoms with Crippen LogP contribution in [0.15, 0.2) is 21.5 Å². The Balaban J connectivity index is 3.78. The third-order valence-corrected chi connectivity index (χ3v) is 4.13. The molecule has 1 rings (SSSR count). The molecule has 0 bridgehead atoms. The first-order valence-corrected chi connectivity index (χ1v) is 7.27. The van der Waals surface area contributed by atoms with Crippen LogP contribution in [-0.2, 0) is 21.4 Å². The summed E-state index contributed by atoms with van der Waals surface area (Å²) >= 11 is 2.18. The normalized spacial score (nSPS) is 13.7. The lowest BCUT2D eigenvalue weighted by molar-refractivity contribution is -0.144. The van der Waals surface area contributed by atoms with E-state index in [1.165, 1.54) is 0 Å². The van der Waals surface area contributed by atoms with Crippen LogP contribution in [0, 0.1) is 0 Å². The first-order chi connectivity index (χ1) is 8.24. The maximum Gasteiger partial charge on any atom is 0.417 e. The van der Waals surface area contributed by atoms with Gasteiger partial charge in [-0.05, 0) is 28.1 Å². The summed E-state index contributed by atoms with van der Waals surface area (Å²) in [7, 11) is 0.0435. The molecule has 0 saturated carbocycles. The summed E-state index contributed by atoms with van der Waals surface area (Å²) < 4.78 is 95.8. The maximum absolute atomic E-state index is 12.5. The fourth-order valence-electron chi connectivity index (χ4n) is 1.15. The fraction of sp³-hybridized carbons (Fsp3) is 0.250. The van der Waals surface area contributed by atoms with E-state index in [2.05, 4.69) is 15.9 Å². The van der Waals surface area contributed by atoms with Crippen LogP contribution in [0.3, 0.4) is 0 Å². The average molecular weight is 392 g/mol. The molecule has 19 heavy (non-hydrogen) atoms. The Kier molecular flexibility index (Phi) is 4.20. The van der Waals surface area contributed by atoms with Crippen molar-refractivity contribution < 1.29 is 34.8 Å². The Morgan fingerprint density at radius 3 is 1.47 bits per heavy atom. The molecule has 2 nitrogen and oxygen atoms in total. The maximum atomic E-state index is 12.5. The highest BCUT2D eigenvalue weighted by atomic mass is 79.9. The number of hydrogen-bond donors (Lipinski definition) is 0. The molecule has 0 fully saturated rings. The van der Waals surface area contributed by atoms with Crippen molar-refractivity contribution in [3.05, 3.63) is 27.7 Å². The third kappa shape index (κ3) is 3.76. The summed E-state index contributed by atoms with van der Waals surface area (Å²) in [4.78, 5) is -1.28. The molecule has 0 radical (unpaired) electrons. The van der Waals surface area contributed by atoms with Crippen molar-refractivity contribution in [3.63, 3.8) is 0 Å². The minimum absolute atomic E-state index is 0.0294. The van der Waals surface area contributed by atoms with Crippen molar-refractivity contribution >= 4 is 35.7 Å². The van der Waals surface area contributed by atoms with E-state index in [0.29, 0.717) is 0 Å². The first-order valence-electron chi connectivity index (χ1n) is 4.17. The van der Waals surface area contributed by atoms with E-state index in [0.717, 1.165) is 0 Å². The smallest absolute Gasteiger partial charge is 0.207 e. The van der Waals surface area contributed by atoms with E-state index < -0.39 is 41.9 Å². The van der Waals surface area contributed by atoms with Gasteiger partial charge in [-0.1, -0.05) is 0 Å². The topological polar surface area (TPSA) is 34.1 Å². The molecule has 0 spiro atoms. The molecule has 0 aliphatic rings. The van der Waals surface area contributed by atoms with Gasteiger partial charge in [-0.2, -0.15) is 26.3 Å². The summed E-state index contributed by atoms with van der Waals surface area (Å²) in [5.74, 6) is 0. The molecule has 108 valence electrons. The molecule has 1 aromatic rings. The van der Waals surface area contributed by atoms with Gasteiger partial charge in [-0.15, -0.1) is 0 Å². The van der Waals surface area contributed by atoms with Crippen LogP contribution in [-0.4, -0.2) is 8.42 Å². The highest BCUT2D eigenvalue weighted by Crippen LogP contribution is 2.44. The molecule has 0 N–H and O–H groups in total.